The molecule has 3 saturated carbocycles. The van der Waals surface area contributed by atoms with Crippen molar-refractivity contribution >= 4 is 29.0 Å². The molecule has 186 valence electrons. The molecule has 3 aromatic rings. The van der Waals surface area contributed by atoms with Gasteiger partial charge in [0, 0.05) is 35.5 Å². The Bertz CT molecular complexity index is 1340. The number of anilines is 3. The number of primary amides is 1. The van der Waals surface area contributed by atoms with Crippen molar-refractivity contribution in [2.75, 3.05) is 17.7 Å². The number of nitrogens with zero attached hydrogens (tertiary/aromatic N) is 3. The van der Waals surface area contributed by atoms with E-state index in [9.17, 15) is 9.59 Å². The summed E-state index contributed by atoms with van der Waals surface area (Å²) < 4.78 is 7.92. The molecule has 9 nitrogen and oxygen atoms in total. The van der Waals surface area contributed by atoms with Gasteiger partial charge in [0.25, 0.3) is 5.91 Å². The Morgan fingerprint density at radius 3 is 2.67 bits per heavy atom. The Morgan fingerprint density at radius 2 is 1.97 bits per heavy atom. The average Bonchev–Trinajstić information content (AvgIpc) is 3.76. The zero-order chi connectivity index (χ0) is 24.9. The van der Waals surface area contributed by atoms with Gasteiger partial charge in [-0.1, -0.05) is 12.1 Å². The minimum absolute atomic E-state index is 0.0377. The number of hydrogen-bond acceptors (Lipinski definition) is 6. The van der Waals surface area contributed by atoms with Gasteiger partial charge in [0.1, 0.15) is 11.6 Å². The second kappa shape index (κ2) is 8.65. The molecule has 3 aliphatic rings. The van der Waals surface area contributed by atoms with Gasteiger partial charge in [0.05, 0.1) is 36.3 Å². The van der Waals surface area contributed by atoms with E-state index in [4.69, 9.17) is 10.5 Å². The predicted molar refractivity (Wildman–Crippen MR) is 136 cm³/mol. The van der Waals surface area contributed by atoms with Gasteiger partial charge >= 0.3 is 0 Å². The molecule has 1 aromatic carbocycles. The summed E-state index contributed by atoms with van der Waals surface area (Å²) in [6.07, 6.45) is 13.5. The standard InChI is InChI=1S/C27H30N6O3/c1-36-24-19(17-13-30-33(15-17)18-7-8-27(12-18)9-10-27)3-2-4-21(24)31-22-11-23(29-14-20(22)25(28)34)32-26(35)16-5-6-16/h2-4,11,13-16,18H,5-10,12H2,1H3,(H2,28,34)(H2,29,31,32,35). The fourth-order valence-corrected chi connectivity index (χ4v) is 5.34. The second-order valence-corrected chi connectivity index (χ2v) is 10.4. The van der Waals surface area contributed by atoms with Gasteiger partial charge in [-0.2, -0.15) is 5.10 Å². The summed E-state index contributed by atoms with van der Waals surface area (Å²) in [6.45, 7) is 0. The number of carbonyl (C=O) groups excluding carboxylic acids is 2. The number of amides is 2. The molecule has 9 heteroatoms. The first-order valence-corrected chi connectivity index (χ1v) is 12.5. The molecule has 1 unspecified atom stereocenters. The third-order valence-corrected chi connectivity index (χ3v) is 7.78. The van der Waals surface area contributed by atoms with Crippen LogP contribution in [0, 0.1) is 11.3 Å². The van der Waals surface area contributed by atoms with E-state index >= 15 is 0 Å². The van der Waals surface area contributed by atoms with Crippen molar-refractivity contribution in [1.29, 1.82) is 0 Å². The van der Waals surface area contributed by atoms with Crippen LogP contribution < -0.4 is 21.1 Å². The fraction of sp³-hybridized carbons (Fsp3) is 0.407. The lowest BCUT2D eigenvalue weighted by Gasteiger charge is -2.17. The van der Waals surface area contributed by atoms with Crippen molar-refractivity contribution < 1.29 is 14.3 Å². The smallest absolute Gasteiger partial charge is 0.252 e. The molecule has 36 heavy (non-hydrogen) atoms. The first-order chi connectivity index (χ1) is 17.4. The van der Waals surface area contributed by atoms with Crippen molar-refractivity contribution in [3.63, 3.8) is 0 Å². The Hall–Kier alpha value is -3.88. The predicted octanol–water partition coefficient (Wildman–Crippen LogP) is 4.65. The molecule has 2 aromatic heterocycles. The SMILES string of the molecule is COc1c(Nc2cc(NC(=O)C3CC3)ncc2C(N)=O)cccc1-c1cnn(C2CCC3(CC3)C2)c1. The fourth-order valence-electron chi connectivity index (χ4n) is 5.34. The van der Waals surface area contributed by atoms with E-state index in [0.717, 1.165) is 24.0 Å². The summed E-state index contributed by atoms with van der Waals surface area (Å²) >= 11 is 0. The summed E-state index contributed by atoms with van der Waals surface area (Å²) in [7, 11) is 1.62. The van der Waals surface area contributed by atoms with Gasteiger partial charge in [0.15, 0.2) is 0 Å². The lowest BCUT2D eigenvalue weighted by molar-refractivity contribution is -0.117. The Balaban J connectivity index is 1.29. The summed E-state index contributed by atoms with van der Waals surface area (Å²) in [6, 6.07) is 7.86. The topological polar surface area (TPSA) is 124 Å². The van der Waals surface area contributed by atoms with E-state index < -0.39 is 5.91 Å². The lowest BCUT2D eigenvalue weighted by atomic mass is 10.1. The van der Waals surface area contributed by atoms with Gasteiger partial charge in [-0.15, -0.1) is 0 Å². The highest BCUT2D eigenvalue weighted by atomic mass is 16.5. The quantitative estimate of drug-likeness (QED) is 0.426. The molecule has 2 heterocycles. The summed E-state index contributed by atoms with van der Waals surface area (Å²) in [4.78, 5) is 28.5. The first kappa shape index (κ1) is 22.6. The van der Waals surface area contributed by atoms with Crippen LogP contribution in [-0.2, 0) is 4.79 Å². The number of pyridine rings is 1. The van der Waals surface area contributed by atoms with Crippen LogP contribution in [-0.4, -0.2) is 33.7 Å². The Labute approximate surface area is 209 Å². The molecule has 1 spiro atoms. The monoisotopic (exact) mass is 486 g/mol. The number of rotatable bonds is 8. The number of aromatic nitrogens is 3. The molecule has 1 atom stereocenters. The number of ether oxygens (including phenoxy) is 1. The van der Waals surface area contributed by atoms with Crippen LogP contribution in [0.25, 0.3) is 11.1 Å². The van der Waals surface area contributed by atoms with E-state index in [-0.39, 0.29) is 17.4 Å². The first-order valence-electron chi connectivity index (χ1n) is 12.5. The van der Waals surface area contributed by atoms with E-state index in [2.05, 4.69) is 31.6 Å². The van der Waals surface area contributed by atoms with Crippen LogP contribution in [0.1, 0.15) is 61.3 Å². The minimum atomic E-state index is -0.619. The summed E-state index contributed by atoms with van der Waals surface area (Å²) in [5.41, 5.74) is 9.37. The van der Waals surface area contributed by atoms with E-state index in [1.165, 1.54) is 38.3 Å². The molecule has 0 bridgehead atoms. The third kappa shape index (κ3) is 4.29. The van der Waals surface area contributed by atoms with Crippen LogP contribution in [0.5, 0.6) is 5.75 Å². The molecule has 6 rings (SSSR count). The molecule has 2 amide bonds. The van der Waals surface area contributed by atoms with Gasteiger partial charge in [-0.05, 0) is 56.4 Å². The largest absolute Gasteiger partial charge is 0.494 e. The molecule has 4 N–H and O–H groups in total. The Kier molecular flexibility index (Phi) is 5.43. The maximum absolute atomic E-state index is 12.2. The van der Waals surface area contributed by atoms with Crippen molar-refractivity contribution in [2.24, 2.45) is 17.1 Å². The number of hydrogen-bond donors (Lipinski definition) is 3. The van der Waals surface area contributed by atoms with Crippen LogP contribution in [0.15, 0.2) is 42.9 Å². The number of methoxy groups -OCH3 is 1. The number of para-hydroxylation sites is 1. The highest BCUT2D eigenvalue weighted by molar-refractivity contribution is 6.01. The van der Waals surface area contributed by atoms with Gasteiger partial charge < -0.3 is 21.1 Å². The third-order valence-electron chi connectivity index (χ3n) is 7.78. The van der Waals surface area contributed by atoms with Crippen LogP contribution in [0.3, 0.4) is 0 Å². The van der Waals surface area contributed by atoms with Gasteiger partial charge in [-0.25, -0.2) is 4.98 Å². The highest BCUT2D eigenvalue weighted by Crippen LogP contribution is 2.60. The molecular weight excluding hydrogens is 456 g/mol. The van der Waals surface area contributed by atoms with Crippen molar-refractivity contribution in [2.45, 2.75) is 51.0 Å². The highest BCUT2D eigenvalue weighted by Gasteiger charge is 2.48. The average molecular weight is 487 g/mol. The molecule has 3 aliphatic carbocycles. The van der Waals surface area contributed by atoms with E-state index in [0.29, 0.717) is 34.4 Å². The summed E-state index contributed by atoms with van der Waals surface area (Å²) in [5, 5.41) is 10.8. The zero-order valence-electron chi connectivity index (χ0n) is 20.3. The molecular formula is C27H30N6O3. The van der Waals surface area contributed by atoms with Crippen molar-refractivity contribution in [1.82, 2.24) is 14.8 Å². The number of carbonyl (C=O) groups is 2. The summed E-state index contributed by atoms with van der Waals surface area (Å²) in [5.74, 6) is 0.340. The minimum Gasteiger partial charge on any atom is -0.494 e. The number of benzene rings is 1. The number of nitrogens with one attached hydrogen (secondary N) is 2. The van der Waals surface area contributed by atoms with Crippen LogP contribution in [0.2, 0.25) is 0 Å². The van der Waals surface area contributed by atoms with Gasteiger partial charge in [-0.3, -0.25) is 14.3 Å². The van der Waals surface area contributed by atoms with Crippen LogP contribution >= 0.6 is 0 Å². The molecule has 0 aliphatic heterocycles. The molecule has 0 radical (unpaired) electrons. The number of nitrogens with two attached hydrogens (primary N) is 1. The van der Waals surface area contributed by atoms with Crippen molar-refractivity contribution in [3.05, 3.63) is 48.4 Å². The van der Waals surface area contributed by atoms with Crippen molar-refractivity contribution in [3.8, 4) is 16.9 Å². The lowest BCUT2D eigenvalue weighted by Crippen LogP contribution is -2.17. The molecule has 3 fully saturated rings. The van der Waals surface area contributed by atoms with Crippen LogP contribution in [0.4, 0.5) is 17.2 Å². The van der Waals surface area contributed by atoms with Gasteiger partial charge in [0.2, 0.25) is 5.91 Å². The maximum atomic E-state index is 12.2. The van der Waals surface area contributed by atoms with E-state index in [1.54, 1.807) is 13.2 Å². The second-order valence-electron chi connectivity index (χ2n) is 10.4. The normalized spacial score (nSPS) is 19.8. The van der Waals surface area contributed by atoms with E-state index in [1.807, 2.05) is 24.4 Å². The zero-order valence-corrected chi connectivity index (χ0v) is 20.3. The maximum Gasteiger partial charge on any atom is 0.252 e. The molecule has 0 saturated heterocycles. The Morgan fingerprint density at radius 1 is 1.14 bits per heavy atom.